The van der Waals surface area contributed by atoms with E-state index in [0.29, 0.717) is 24.2 Å². The normalized spacial score (nSPS) is 27.4. The van der Waals surface area contributed by atoms with Crippen LogP contribution in [-0.2, 0) is 17.9 Å². The number of fused-ring (bicyclic) bond motifs is 3. The molecule has 0 saturated heterocycles. The lowest BCUT2D eigenvalue weighted by Crippen LogP contribution is -2.65. The number of carbonyl (C=O) groups excluding carboxylic acids is 2. The first-order valence-corrected chi connectivity index (χ1v) is 11.9. The first kappa shape index (κ1) is 21.6. The van der Waals surface area contributed by atoms with Gasteiger partial charge < -0.3 is 14.8 Å². The molecule has 0 spiro atoms. The van der Waals surface area contributed by atoms with E-state index < -0.39 is 5.54 Å². The molecule has 2 amide bonds. The Kier molecular flexibility index (Phi) is 5.43. The van der Waals surface area contributed by atoms with Gasteiger partial charge in [0.05, 0.1) is 29.8 Å². The SMILES string of the molecule is CC1CCCC(NC(=O)C2(C)Cn3c(nc4ccccc43)C(=O)N2Cc2ccccn2)C1C. The van der Waals surface area contributed by atoms with Gasteiger partial charge in [0.2, 0.25) is 5.91 Å². The van der Waals surface area contributed by atoms with Gasteiger partial charge in [0, 0.05) is 12.2 Å². The highest BCUT2D eigenvalue weighted by Crippen LogP contribution is 2.34. The van der Waals surface area contributed by atoms with Gasteiger partial charge in [0.1, 0.15) is 5.54 Å². The number of nitrogens with zero attached hydrogens (tertiary/aromatic N) is 4. The third kappa shape index (κ3) is 3.69. The smallest absolute Gasteiger partial charge is 0.291 e. The van der Waals surface area contributed by atoms with E-state index >= 15 is 0 Å². The fraction of sp³-hybridized carbons (Fsp3) is 0.462. The number of pyridine rings is 1. The van der Waals surface area contributed by atoms with Gasteiger partial charge >= 0.3 is 0 Å². The molecule has 1 aliphatic carbocycles. The Labute approximate surface area is 194 Å². The van der Waals surface area contributed by atoms with E-state index in [4.69, 9.17) is 0 Å². The fourth-order valence-electron chi connectivity index (χ4n) is 5.34. The van der Waals surface area contributed by atoms with Crippen LogP contribution in [0, 0.1) is 11.8 Å². The van der Waals surface area contributed by atoms with Gasteiger partial charge in [-0.3, -0.25) is 14.6 Å². The number of para-hydroxylation sites is 2. The maximum atomic E-state index is 13.9. The molecule has 1 aromatic carbocycles. The van der Waals surface area contributed by atoms with Gasteiger partial charge in [0.15, 0.2) is 5.82 Å². The third-order valence-corrected chi connectivity index (χ3v) is 7.71. The molecule has 0 radical (unpaired) electrons. The van der Waals surface area contributed by atoms with Gasteiger partial charge in [0.25, 0.3) is 5.91 Å². The molecular formula is C26H31N5O2. The summed E-state index contributed by atoms with van der Waals surface area (Å²) in [6.45, 7) is 6.95. The highest BCUT2D eigenvalue weighted by Gasteiger charge is 2.49. The summed E-state index contributed by atoms with van der Waals surface area (Å²) in [5, 5.41) is 3.33. The maximum Gasteiger partial charge on any atom is 0.291 e. The zero-order valence-corrected chi connectivity index (χ0v) is 19.5. The molecule has 172 valence electrons. The Morgan fingerprint density at radius 1 is 1.15 bits per heavy atom. The van der Waals surface area contributed by atoms with Crippen molar-refractivity contribution in [1.29, 1.82) is 0 Å². The number of imidazole rings is 1. The largest absolute Gasteiger partial charge is 0.351 e. The third-order valence-electron chi connectivity index (χ3n) is 7.71. The molecule has 1 N–H and O–H groups in total. The van der Waals surface area contributed by atoms with Gasteiger partial charge in [-0.1, -0.05) is 44.9 Å². The van der Waals surface area contributed by atoms with Gasteiger partial charge in [-0.05, 0) is 49.4 Å². The van der Waals surface area contributed by atoms with Crippen LogP contribution in [-0.4, -0.2) is 42.8 Å². The van der Waals surface area contributed by atoms with Crippen molar-refractivity contribution in [2.45, 2.75) is 64.7 Å². The Morgan fingerprint density at radius 3 is 2.73 bits per heavy atom. The van der Waals surface area contributed by atoms with Crippen molar-refractivity contribution in [2.75, 3.05) is 0 Å². The maximum absolute atomic E-state index is 13.9. The van der Waals surface area contributed by atoms with E-state index in [1.54, 1.807) is 11.1 Å². The highest BCUT2D eigenvalue weighted by molar-refractivity contribution is 6.01. The molecule has 3 heterocycles. The lowest BCUT2D eigenvalue weighted by Gasteiger charge is -2.45. The van der Waals surface area contributed by atoms with Crippen LogP contribution in [0.25, 0.3) is 11.0 Å². The summed E-state index contributed by atoms with van der Waals surface area (Å²) >= 11 is 0. The van der Waals surface area contributed by atoms with Crippen molar-refractivity contribution in [2.24, 2.45) is 11.8 Å². The molecule has 1 aliphatic heterocycles. The molecule has 1 fully saturated rings. The molecule has 1 saturated carbocycles. The summed E-state index contributed by atoms with van der Waals surface area (Å²) in [5.41, 5.74) is 1.31. The Hall–Kier alpha value is -3.22. The van der Waals surface area contributed by atoms with Crippen LogP contribution in [0.5, 0.6) is 0 Å². The summed E-state index contributed by atoms with van der Waals surface area (Å²) < 4.78 is 1.90. The van der Waals surface area contributed by atoms with E-state index in [0.717, 1.165) is 29.6 Å². The molecule has 4 atom stereocenters. The van der Waals surface area contributed by atoms with Crippen LogP contribution < -0.4 is 5.32 Å². The second kappa shape index (κ2) is 8.28. The number of aromatic nitrogens is 3. The zero-order chi connectivity index (χ0) is 23.2. The number of benzene rings is 1. The number of hydrogen-bond acceptors (Lipinski definition) is 4. The molecule has 4 unspecified atom stereocenters. The first-order valence-electron chi connectivity index (χ1n) is 11.9. The predicted molar refractivity (Wildman–Crippen MR) is 126 cm³/mol. The summed E-state index contributed by atoms with van der Waals surface area (Å²) in [5.74, 6) is 0.988. The van der Waals surface area contributed by atoms with Crippen molar-refractivity contribution in [3.05, 3.63) is 60.2 Å². The minimum absolute atomic E-state index is 0.110. The van der Waals surface area contributed by atoms with Crippen LogP contribution in [0.15, 0.2) is 48.7 Å². The number of nitrogens with one attached hydrogen (secondary N) is 1. The van der Waals surface area contributed by atoms with Crippen molar-refractivity contribution < 1.29 is 9.59 Å². The second-order valence-electron chi connectivity index (χ2n) is 9.84. The topological polar surface area (TPSA) is 80.1 Å². The standard InChI is InChI=1S/C26H31N5O2/c1-17-9-8-12-20(18(17)2)29-25(33)26(3)16-30-22-13-5-4-11-21(22)28-23(30)24(32)31(26)15-19-10-6-7-14-27-19/h4-7,10-11,13-14,17-18,20H,8-9,12,15-16H2,1-3H3,(H,29,33). The average Bonchev–Trinajstić information content (AvgIpc) is 3.19. The summed E-state index contributed by atoms with van der Waals surface area (Å²) in [6, 6.07) is 13.4. The van der Waals surface area contributed by atoms with Gasteiger partial charge in [-0.2, -0.15) is 0 Å². The molecule has 7 heteroatoms. The minimum Gasteiger partial charge on any atom is -0.351 e. The molecule has 7 nitrogen and oxygen atoms in total. The molecular weight excluding hydrogens is 414 g/mol. The average molecular weight is 446 g/mol. The molecule has 0 bridgehead atoms. The molecule has 5 rings (SSSR count). The molecule has 3 aromatic rings. The first-order chi connectivity index (χ1) is 15.9. The molecule has 2 aliphatic rings. The van der Waals surface area contributed by atoms with E-state index in [9.17, 15) is 9.59 Å². The van der Waals surface area contributed by atoms with E-state index in [1.165, 1.54) is 6.42 Å². The monoisotopic (exact) mass is 445 g/mol. The quantitative estimate of drug-likeness (QED) is 0.663. The summed E-state index contributed by atoms with van der Waals surface area (Å²) in [4.78, 5) is 38.3. The fourth-order valence-corrected chi connectivity index (χ4v) is 5.34. The summed E-state index contributed by atoms with van der Waals surface area (Å²) in [7, 11) is 0. The lowest BCUT2D eigenvalue weighted by molar-refractivity contribution is -0.134. The Balaban J connectivity index is 1.54. The number of hydrogen-bond donors (Lipinski definition) is 1. The van der Waals surface area contributed by atoms with Crippen molar-refractivity contribution in [3.63, 3.8) is 0 Å². The number of carbonyl (C=O) groups is 2. The van der Waals surface area contributed by atoms with Gasteiger partial charge in [-0.15, -0.1) is 0 Å². The Morgan fingerprint density at radius 2 is 1.94 bits per heavy atom. The van der Waals surface area contributed by atoms with Crippen LogP contribution in [0.3, 0.4) is 0 Å². The summed E-state index contributed by atoms with van der Waals surface area (Å²) in [6.07, 6.45) is 4.99. The van der Waals surface area contributed by atoms with Gasteiger partial charge in [-0.25, -0.2) is 4.98 Å². The molecule has 2 aromatic heterocycles. The highest BCUT2D eigenvalue weighted by atomic mass is 16.2. The number of rotatable bonds is 4. The minimum atomic E-state index is -1.06. The van der Waals surface area contributed by atoms with Crippen molar-refractivity contribution in [1.82, 2.24) is 24.8 Å². The van der Waals surface area contributed by atoms with Crippen LogP contribution in [0.2, 0.25) is 0 Å². The van der Waals surface area contributed by atoms with Crippen LogP contribution in [0.1, 0.15) is 56.3 Å². The Bertz CT molecular complexity index is 1190. The number of amides is 2. The lowest BCUT2D eigenvalue weighted by atomic mass is 9.77. The van der Waals surface area contributed by atoms with Crippen LogP contribution >= 0.6 is 0 Å². The molecule has 33 heavy (non-hydrogen) atoms. The predicted octanol–water partition coefficient (Wildman–Crippen LogP) is 3.79. The van der Waals surface area contributed by atoms with E-state index in [2.05, 4.69) is 29.1 Å². The van der Waals surface area contributed by atoms with Crippen molar-refractivity contribution in [3.8, 4) is 0 Å². The second-order valence-corrected chi connectivity index (χ2v) is 9.84. The van der Waals surface area contributed by atoms with E-state index in [1.807, 2.05) is 54.0 Å². The van der Waals surface area contributed by atoms with E-state index in [-0.39, 0.29) is 24.4 Å². The van der Waals surface area contributed by atoms with Crippen LogP contribution in [0.4, 0.5) is 0 Å². The van der Waals surface area contributed by atoms with Crippen molar-refractivity contribution >= 4 is 22.8 Å². The zero-order valence-electron chi connectivity index (χ0n) is 19.5.